The van der Waals surface area contributed by atoms with Crippen LogP contribution in [0.5, 0.6) is 0 Å². The van der Waals surface area contributed by atoms with Gasteiger partial charge in [0, 0.05) is 22.7 Å². The third-order valence-corrected chi connectivity index (χ3v) is 2.87. The second-order valence-corrected chi connectivity index (χ2v) is 4.90. The third kappa shape index (κ3) is 1.63. The van der Waals surface area contributed by atoms with E-state index in [1.54, 1.807) is 25.3 Å². The fraction of sp³-hybridized carbons (Fsp3) is 0.167. The summed E-state index contributed by atoms with van der Waals surface area (Å²) >= 11 is 3.25. The van der Waals surface area contributed by atoms with Crippen molar-refractivity contribution in [1.29, 1.82) is 5.26 Å². The third-order valence-electron chi connectivity index (χ3n) is 2.45. The van der Waals surface area contributed by atoms with Crippen molar-refractivity contribution in [2.24, 2.45) is 0 Å². The molecule has 1 aromatic carbocycles. The highest BCUT2D eigenvalue weighted by Gasteiger charge is 2.18. The van der Waals surface area contributed by atoms with Crippen molar-refractivity contribution in [1.82, 2.24) is 4.98 Å². The molecule has 0 spiro atoms. The molecule has 0 bridgehead atoms. The standard InChI is InChI=1S/C12H9BrN2O/c1-7(13)12(16)9-6-15-10-4-2-3-8(5-14)11(9)10/h2-4,6-7,15H,1H3. The monoisotopic (exact) mass is 276 g/mol. The van der Waals surface area contributed by atoms with E-state index < -0.39 is 0 Å². The molecule has 1 unspecified atom stereocenters. The number of fused-ring (bicyclic) bond motifs is 1. The molecule has 0 saturated carbocycles. The summed E-state index contributed by atoms with van der Waals surface area (Å²) in [6.07, 6.45) is 1.66. The summed E-state index contributed by atoms with van der Waals surface area (Å²) in [5.41, 5.74) is 1.90. The molecule has 1 heterocycles. The number of halogens is 1. The Morgan fingerprint density at radius 1 is 1.56 bits per heavy atom. The van der Waals surface area contributed by atoms with Gasteiger partial charge in [0.15, 0.2) is 5.78 Å². The number of Topliss-reactive ketones (excluding diaryl/α,β-unsaturated/α-hetero) is 1. The minimum atomic E-state index is -0.252. The van der Waals surface area contributed by atoms with Crippen molar-refractivity contribution in [2.45, 2.75) is 11.8 Å². The summed E-state index contributed by atoms with van der Waals surface area (Å²) < 4.78 is 0. The maximum absolute atomic E-state index is 11.9. The van der Waals surface area contributed by atoms with Crippen LogP contribution in [0.2, 0.25) is 0 Å². The Kier molecular flexibility index (Phi) is 2.80. The van der Waals surface area contributed by atoms with Crippen molar-refractivity contribution >= 4 is 32.6 Å². The van der Waals surface area contributed by atoms with Crippen LogP contribution in [-0.2, 0) is 0 Å². The second-order valence-electron chi connectivity index (χ2n) is 3.52. The number of H-pyrrole nitrogens is 1. The summed E-state index contributed by atoms with van der Waals surface area (Å²) in [6, 6.07) is 7.46. The highest BCUT2D eigenvalue weighted by atomic mass is 79.9. The van der Waals surface area contributed by atoms with E-state index in [-0.39, 0.29) is 10.6 Å². The van der Waals surface area contributed by atoms with Crippen LogP contribution in [0.1, 0.15) is 22.8 Å². The van der Waals surface area contributed by atoms with Gasteiger partial charge in [0.1, 0.15) is 0 Å². The number of ketones is 1. The van der Waals surface area contributed by atoms with E-state index >= 15 is 0 Å². The van der Waals surface area contributed by atoms with Gasteiger partial charge in [-0.25, -0.2) is 0 Å². The van der Waals surface area contributed by atoms with Crippen LogP contribution in [0.3, 0.4) is 0 Å². The highest BCUT2D eigenvalue weighted by Crippen LogP contribution is 2.24. The molecule has 2 rings (SSSR count). The smallest absolute Gasteiger partial charge is 0.178 e. The molecular formula is C12H9BrN2O. The van der Waals surface area contributed by atoms with Gasteiger partial charge in [-0.2, -0.15) is 5.26 Å². The van der Waals surface area contributed by atoms with Crippen molar-refractivity contribution in [2.75, 3.05) is 0 Å². The quantitative estimate of drug-likeness (QED) is 0.677. The van der Waals surface area contributed by atoms with E-state index in [1.807, 2.05) is 6.07 Å². The Labute approximate surface area is 101 Å². The molecular weight excluding hydrogens is 268 g/mol. The summed E-state index contributed by atoms with van der Waals surface area (Å²) in [4.78, 5) is 14.7. The van der Waals surface area contributed by atoms with E-state index in [0.717, 1.165) is 5.52 Å². The first-order chi connectivity index (χ1) is 7.65. The van der Waals surface area contributed by atoms with Gasteiger partial charge < -0.3 is 4.98 Å². The summed E-state index contributed by atoms with van der Waals surface area (Å²) in [6.45, 7) is 1.77. The molecule has 0 radical (unpaired) electrons. The van der Waals surface area contributed by atoms with Gasteiger partial charge in [-0.15, -0.1) is 0 Å². The first-order valence-corrected chi connectivity index (χ1v) is 5.75. The van der Waals surface area contributed by atoms with Crippen LogP contribution >= 0.6 is 15.9 Å². The number of nitriles is 1. The Bertz CT molecular complexity index is 593. The maximum atomic E-state index is 11.9. The molecule has 0 saturated heterocycles. The first kappa shape index (κ1) is 10.9. The predicted molar refractivity (Wildman–Crippen MR) is 65.7 cm³/mol. The van der Waals surface area contributed by atoms with Crippen LogP contribution in [-0.4, -0.2) is 15.6 Å². The minimum Gasteiger partial charge on any atom is -0.360 e. The summed E-state index contributed by atoms with van der Waals surface area (Å²) in [5, 5.41) is 9.72. The van der Waals surface area contributed by atoms with Crippen LogP contribution < -0.4 is 0 Å². The number of hydrogen-bond acceptors (Lipinski definition) is 2. The maximum Gasteiger partial charge on any atom is 0.178 e. The van der Waals surface area contributed by atoms with Gasteiger partial charge in [0.25, 0.3) is 0 Å². The lowest BCUT2D eigenvalue weighted by molar-refractivity contribution is 0.0997. The fourth-order valence-corrected chi connectivity index (χ4v) is 1.93. The number of alkyl halides is 1. The molecule has 16 heavy (non-hydrogen) atoms. The van der Waals surface area contributed by atoms with Gasteiger partial charge in [-0.3, -0.25) is 4.79 Å². The minimum absolute atomic E-state index is 0.0195. The Hall–Kier alpha value is -1.60. The van der Waals surface area contributed by atoms with Crippen LogP contribution in [0.15, 0.2) is 24.4 Å². The van der Waals surface area contributed by atoms with E-state index in [1.165, 1.54) is 0 Å². The first-order valence-electron chi connectivity index (χ1n) is 4.83. The number of carbonyl (C=O) groups is 1. The number of aromatic nitrogens is 1. The molecule has 4 heteroatoms. The Balaban J connectivity index is 2.73. The zero-order valence-electron chi connectivity index (χ0n) is 8.62. The number of aromatic amines is 1. The zero-order valence-corrected chi connectivity index (χ0v) is 10.2. The summed E-state index contributed by atoms with van der Waals surface area (Å²) in [7, 11) is 0. The molecule has 1 N–H and O–H groups in total. The number of nitrogens with zero attached hydrogens (tertiary/aromatic N) is 1. The van der Waals surface area contributed by atoms with Crippen molar-refractivity contribution in [3.8, 4) is 6.07 Å². The molecule has 1 atom stereocenters. The lowest BCUT2D eigenvalue weighted by Crippen LogP contribution is -2.09. The van der Waals surface area contributed by atoms with Gasteiger partial charge in [-0.1, -0.05) is 22.0 Å². The fourth-order valence-electron chi connectivity index (χ4n) is 1.69. The van der Waals surface area contributed by atoms with Gasteiger partial charge >= 0.3 is 0 Å². The number of benzene rings is 1. The molecule has 0 aliphatic heterocycles. The number of rotatable bonds is 2. The van der Waals surface area contributed by atoms with E-state index in [0.29, 0.717) is 16.5 Å². The van der Waals surface area contributed by atoms with Crippen molar-refractivity contribution in [3.05, 3.63) is 35.5 Å². The molecule has 0 aliphatic rings. The lowest BCUT2D eigenvalue weighted by Gasteiger charge is -2.01. The molecule has 1 aromatic heterocycles. The molecule has 0 fully saturated rings. The predicted octanol–water partition coefficient (Wildman–Crippen LogP) is 3.01. The molecule has 3 nitrogen and oxygen atoms in total. The van der Waals surface area contributed by atoms with E-state index in [2.05, 4.69) is 27.0 Å². The largest absolute Gasteiger partial charge is 0.360 e. The Morgan fingerprint density at radius 3 is 2.94 bits per heavy atom. The van der Waals surface area contributed by atoms with E-state index in [9.17, 15) is 4.79 Å². The van der Waals surface area contributed by atoms with Gasteiger partial charge in [0.05, 0.1) is 16.5 Å². The zero-order chi connectivity index (χ0) is 11.7. The van der Waals surface area contributed by atoms with Crippen LogP contribution in [0.25, 0.3) is 10.9 Å². The Morgan fingerprint density at radius 2 is 2.31 bits per heavy atom. The topological polar surface area (TPSA) is 56.6 Å². The average Bonchev–Trinajstić information content (AvgIpc) is 2.71. The van der Waals surface area contributed by atoms with Crippen LogP contribution in [0, 0.1) is 11.3 Å². The summed E-state index contributed by atoms with van der Waals surface area (Å²) in [5.74, 6) is -0.0195. The molecule has 0 aliphatic carbocycles. The lowest BCUT2D eigenvalue weighted by atomic mass is 10.0. The second kappa shape index (κ2) is 4.11. The SMILES string of the molecule is CC(Br)C(=O)c1c[nH]c2cccc(C#N)c12. The number of carbonyl (C=O) groups excluding carboxylic acids is 1. The van der Waals surface area contributed by atoms with E-state index in [4.69, 9.17) is 5.26 Å². The number of hydrogen-bond donors (Lipinski definition) is 1. The van der Waals surface area contributed by atoms with Crippen LogP contribution in [0.4, 0.5) is 0 Å². The van der Waals surface area contributed by atoms with Gasteiger partial charge in [0.2, 0.25) is 0 Å². The number of nitrogens with one attached hydrogen (secondary N) is 1. The highest BCUT2D eigenvalue weighted by molar-refractivity contribution is 9.10. The van der Waals surface area contributed by atoms with Crippen molar-refractivity contribution in [3.63, 3.8) is 0 Å². The van der Waals surface area contributed by atoms with Crippen molar-refractivity contribution < 1.29 is 4.79 Å². The van der Waals surface area contributed by atoms with Gasteiger partial charge in [-0.05, 0) is 19.1 Å². The average molecular weight is 277 g/mol. The normalized spacial score (nSPS) is 12.3. The molecule has 80 valence electrons. The molecule has 2 aromatic rings. The molecule has 0 amide bonds.